The fraction of sp³-hybridized carbons (Fsp3) is 0.611. The van der Waals surface area contributed by atoms with Gasteiger partial charge in [-0.2, -0.15) is 0 Å². The highest BCUT2D eigenvalue weighted by molar-refractivity contribution is 6.34. The lowest BCUT2D eigenvalue weighted by molar-refractivity contribution is -0.107. The van der Waals surface area contributed by atoms with Crippen molar-refractivity contribution in [3.05, 3.63) is 17.2 Å². The number of hydrogen-bond donors (Lipinski definition) is 2. The van der Waals surface area contributed by atoms with Crippen molar-refractivity contribution in [1.29, 1.82) is 0 Å². The first-order valence-corrected chi connectivity index (χ1v) is 9.13. The molecule has 3 aliphatic rings. The largest absolute Gasteiger partial charge is 0.490 e. The zero-order valence-electron chi connectivity index (χ0n) is 14.4. The van der Waals surface area contributed by atoms with E-state index in [1.807, 2.05) is 0 Å². The number of halogens is 1. The SMILES string of the molecule is CC1(C)C(NC(=O)Nc2cc3c(cc2Cl)OCCCO3)C2CCOC21. The molecule has 4 rings (SSSR count). The first kappa shape index (κ1) is 16.8. The molecule has 0 bridgehead atoms. The topological polar surface area (TPSA) is 68.8 Å². The number of rotatable bonds is 2. The smallest absolute Gasteiger partial charge is 0.319 e. The van der Waals surface area contributed by atoms with Crippen LogP contribution in [0.3, 0.4) is 0 Å². The van der Waals surface area contributed by atoms with E-state index in [-0.39, 0.29) is 23.6 Å². The van der Waals surface area contributed by atoms with Gasteiger partial charge in [0, 0.05) is 42.5 Å². The van der Waals surface area contributed by atoms with Gasteiger partial charge in [-0.3, -0.25) is 0 Å². The zero-order chi connectivity index (χ0) is 17.6. The summed E-state index contributed by atoms with van der Waals surface area (Å²) in [5, 5.41) is 6.35. The van der Waals surface area contributed by atoms with Crippen LogP contribution < -0.4 is 20.1 Å². The zero-order valence-corrected chi connectivity index (χ0v) is 15.2. The number of anilines is 1. The minimum Gasteiger partial charge on any atom is -0.490 e. The summed E-state index contributed by atoms with van der Waals surface area (Å²) in [5.74, 6) is 1.60. The third-order valence-electron chi connectivity index (χ3n) is 5.47. The van der Waals surface area contributed by atoms with Gasteiger partial charge in [0.25, 0.3) is 0 Å². The molecule has 2 amide bonds. The minimum atomic E-state index is -0.264. The van der Waals surface area contributed by atoms with E-state index in [4.69, 9.17) is 25.8 Å². The highest BCUT2D eigenvalue weighted by Crippen LogP contribution is 2.52. The van der Waals surface area contributed by atoms with Gasteiger partial charge < -0.3 is 24.8 Å². The summed E-state index contributed by atoms with van der Waals surface area (Å²) < 4.78 is 17.0. The van der Waals surface area contributed by atoms with Crippen molar-refractivity contribution >= 4 is 23.3 Å². The molecular weight excluding hydrogens is 344 g/mol. The number of hydrogen-bond acceptors (Lipinski definition) is 4. The lowest BCUT2D eigenvalue weighted by Gasteiger charge is -2.54. The average Bonchev–Trinajstić information content (AvgIpc) is 2.91. The summed E-state index contributed by atoms with van der Waals surface area (Å²) in [4.78, 5) is 12.5. The molecule has 1 aromatic rings. The summed E-state index contributed by atoms with van der Waals surface area (Å²) in [6.07, 6.45) is 2.04. The van der Waals surface area contributed by atoms with Crippen LogP contribution in [0.25, 0.3) is 0 Å². The second-order valence-corrected chi connectivity index (χ2v) is 7.88. The van der Waals surface area contributed by atoms with Crippen molar-refractivity contribution in [3.8, 4) is 11.5 Å². The second-order valence-electron chi connectivity index (χ2n) is 7.47. The summed E-state index contributed by atoms with van der Waals surface area (Å²) in [7, 11) is 0. The molecule has 1 saturated carbocycles. The number of ether oxygens (including phenoxy) is 3. The Morgan fingerprint density at radius 1 is 1.20 bits per heavy atom. The third kappa shape index (κ3) is 2.91. The Balaban J connectivity index is 1.45. The van der Waals surface area contributed by atoms with Gasteiger partial charge in [0.15, 0.2) is 11.5 Å². The average molecular weight is 367 g/mol. The van der Waals surface area contributed by atoms with E-state index in [2.05, 4.69) is 24.5 Å². The number of amides is 2. The number of nitrogens with one attached hydrogen (secondary N) is 2. The van der Waals surface area contributed by atoms with Crippen LogP contribution in [0.5, 0.6) is 11.5 Å². The van der Waals surface area contributed by atoms with Crippen molar-refractivity contribution in [1.82, 2.24) is 5.32 Å². The van der Waals surface area contributed by atoms with Crippen molar-refractivity contribution in [2.24, 2.45) is 11.3 Å². The number of urea groups is 1. The first-order chi connectivity index (χ1) is 12.0. The number of benzene rings is 1. The Hall–Kier alpha value is -1.66. The highest BCUT2D eigenvalue weighted by atomic mass is 35.5. The molecule has 136 valence electrons. The van der Waals surface area contributed by atoms with Crippen LogP contribution in [0.15, 0.2) is 12.1 Å². The van der Waals surface area contributed by atoms with Crippen molar-refractivity contribution in [3.63, 3.8) is 0 Å². The maximum Gasteiger partial charge on any atom is 0.319 e. The van der Waals surface area contributed by atoms with E-state index in [0.717, 1.165) is 19.4 Å². The van der Waals surface area contributed by atoms with E-state index in [1.54, 1.807) is 12.1 Å². The van der Waals surface area contributed by atoms with Gasteiger partial charge in [0.05, 0.1) is 30.0 Å². The van der Waals surface area contributed by atoms with Gasteiger partial charge in [-0.15, -0.1) is 0 Å². The van der Waals surface area contributed by atoms with E-state index < -0.39 is 0 Å². The fourth-order valence-corrected chi connectivity index (χ4v) is 4.40. The van der Waals surface area contributed by atoms with Crippen LogP contribution in [0.4, 0.5) is 10.5 Å². The maximum absolute atomic E-state index is 12.5. The van der Waals surface area contributed by atoms with Gasteiger partial charge in [-0.25, -0.2) is 4.79 Å². The summed E-state index contributed by atoms with van der Waals surface area (Å²) in [6.45, 7) is 6.21. The van der Waals surface area contributed by atoms with Gasteiger partial charge in [0.2, 0.25) is 0 Å². The highest BCUT2D eigenvalue weighted by Gasteiger charge is 2.59. The Morgan fingerprint density at radius 2 is 1.92 bits per heavy atom. The van der Waals surface area contributed by atoms with E-state index in [1.165, 1.54) is 0 Å². The van der Waals surface area contributed by atoms with Crippen LogP contribution >= 0.6 is 11.6 Å². The molecule has 25 heavy (non-hydrogen) atoms. The number of carbonyl (C=O) groups is 1. The quantitative estimate of drug-likeness (QED) is 0.841. The predicted molar refractivity (Wildman–Crippen MR) is 94.6 cm³/mol. The van der Waals surface area contributed by atoms with Gasteiger partial charge >= 0.3 is 6.03 Å². The second kappa shape index (κ2) is 6.25. The number of fused-ring (bicyclic) bond motifs is 2. The van der Waals surface area contributed by atoms with Gasteiger partial charge in [-0.1, -0.05) is 25.4 Å². The normalized spacial score (nSPS) is 29.2. The van der Waals surface area contributed by atoms with Crippen LogP contribution in [-0.2, 0) is 4.74 Å². The third-order valence-corrected chi connectivity index (χ3v) is 5.79. The van der Waals surface area contributed by atoms with Crippen molar-refractivity contribution < 1.29 is 19.0 Å². The summed E-state index contributed by atoms with van der Waals surface area (Å²) >= 11 is 6.29. The Kier molecular flexibility index (Phi) is 4.20. The molecule has 2 fully saturated rings. The molecule has 0 aromatic heterocycles. The molecule has 2 heterocycles. The Bertz CT molecular complexity index is 694. The molecule has 3 atom stereocenters. The van der Waals surface area contributed by atoms with Crippen LogP contribution in [0, 0.1) is 11.3 Å². The summed E-state index contributed by atoms with van der Waals surface area (Å²) in [5.41, 5.74) is 0.451. The molecule has 2 aliphatic heterocycles. The summed E-state index contributed by atoms with van der Waals surface area (Å²) in [6, 6.07) is 3.24. The molecule has 2 N–H and O–H groups in total. The van der Waals surface area contributed by atoms with Crippen molar-refractivity contribution in [2.45, 2.75) is 38.8 Å². The first-order valence-electron chi connectivity index (χ1n) is 8.75. The standard InChI is InChI=1S/C18H23ClN2O4/c1-18(2)15(10-4-7-25-16(10)18)21-17(22)20-12-9-14-13(8-11(12)19)23-5-3-6-24-14/h8-10,15-16H,3-7H2,1-2H3,(H2,20,21,22). The molecular formula is C18H23ClN2O4. The van der Waals surface area contributed by atoms with Gasteiger partial charge in [0.1, 0.15) is 0 Å². The monoisotopic (exact) mass is 366 g/mol. The van der Waals surface area contributed by atoms with Crippen LogP contribution in [0.1, 0.15) is 26.7 Å². The molecule has 1 aromatic carbocycles. The fourth-order valence-electron chi connectivity index (χ4n) is 4.20. The van der Waals surface area contributed by atoms with Crippen LogP contribution in [0.2, 0.25) is 5.02 Å². The molecule has 1 saturated heterocycles. The minimum absolute atomic E-state index is 0.0625. The molecule has 7 heteroatoms. The lowest BCUT2D eigenvalue weighted by atomic mass is 9.57. The maximum atomic E-state index is 12.5. The lowest BCUT2D eigenvalue weighted by Crippen LogP contribution is -2.67. The molecule has 0 radical (unpaired) electrons. The predicted octanol–water partition coefficient (Wildman–Crippen LogP) is 3.44. The van der Waals surface area contributed by atoms with Crippen LogP contribution in [-0.4, -0.2) is 38.0 Å². The molecule has 3 unspecified atom stereocenters. The Labute approximate surface area is 152 Å². The van der Waals surface area contributed by atoms with Gasteiger partial charge in [-0.05, 0) is 6.42 Å². The molecule has 6 nitrogen and oxygen atoms in total. The Morgan fingerprint density at radius 3 is 2.68 bits per heavy atom. The molecule has 1 aliphatic carbocycles. The molecule has 0 spiro atoms. The van der Waals surface area contributed by atoms with E-state index >= 15 is 0 Å². The van der Waals surface area contributed by atoms with E-state index in [9.17, 15) is 4.79 Å². The number of carbonyl (C=O) groups excluding carboxylic acids is 1. The van der Waals surface area contributed by atoms with E-state index in [0.29, 0.717) is 41.3 Å². The van der Waals surface area contributed by atoms with Crippen molar-refractivity contribution in [2.75, 3.05) is 25.1 Å².